The van der Waals surface area contributed by atoms with Gasteiger partial charge in [-0.25, -0.2) is 0 Å². The summed E-state index contributed by atoms with van der Waals surface area (Å²) < 4.78 is 11.4. The fourth-order valence-electron chi connectivity index (χ4n) is 1.39. The zero-order valence-corrected chi connectivity index (χ0v) is 11.1. The third-order valence-corrected chi connectivity index (χ3v) is 2.70. The van der Waals surface area contributed by atoms with Crippen molar-refractivity contribution in [1.82, 2.24) is 5.32 Å². The Morgan fingerprint density at radius 1 is 1.38 bits per heavy atom. The zero-order chi connectivity index (χ0) is 12.0. The van der Waals surface area contributed by atoms with Gasteiger partial charge in [0.15, 0.2) is 11.5 Å². The van der Waals surface area contributed by atoms with Crippen molar-refractivity contribution >= 4 is 15.9 Å². The average Bonchev–Trinajstić information content (AvgIpc) is 2.28. The lowest BCUT2D eigenvalue weighted by Gasteiger charge is -2.12. The molecule has 0 aliphatic carbocycles. The van der Waals surface area contributed by atoms with Gasteiger partial charge in [-0.15, -0.1) is 6.58 Å². The van der Waals surface area contributed by atoms with Crippen molar-refractivity contribution < 1.29 is 9.47 Å². The van der Waals surface area contributed by atoms with Gasteiger partial charge in [0.25, 0.3) is 0 Å². The van der Waals surface area contributed by atoms with E-state index in [1.54, 1.807) is 14.2 Å². The van der Waals surface area contributed by atoms with Crippen LogP contribution in [0.4, 0.5) is 0 Å². The monoisotopic (exact) mass is 285 g/mol. The van der Waals surface area contributed by atoms with Crippen LogP contribution in [0.3, 0.4) is 0 Å². The second-order valence-electron chi connectivity index (χ2n) is 3.23. The van der Waals surface area contributed by atoms with E-state index in [1.807, 2.05) is 18.2 Å². The molecule has 0 saturated carbocycles. The van der Waals surface area contributed by atoms with Crippen LogP contribution < -0.4 is 14.8 Å². The zero-order valence-electron chi connectivity index (χ0n) is 9.55. The normalized spacial score (nSPS) is 9.94. The molecule has 0 unspecified atom stereocenters. The summed E-state index contributed by atoms with van der Waals surface area (Å²) in [6, 6.07) is 3.97. The molecule has 0 aliphatic rings. The van der Waals surface area contributed by atoms with E-state index in [0.29, 0.717) is 0 Å². The molecule has 0 fully saturated rings. The van der Waals surface area contributed by atoms with Gasteiger partial charge in [0.2, 0.25) is 0 Å². The molecule has 1 rings (SSSR count). The molecule has 3 nitrogen and oxygen atoms in total. The van der Waals surface area contributed by atoms with Gasteiger partial charge in [0.05, 0.1) is 18.7 Å². The van der Waals surface area contributed by atoms with E-state index < -0.39 is 0 Å². The molecule has 0 aromatic heterocycles. The number of hydrogen-bond donors (Lipinski definition) is 1. The maximum atomic E-state index is 5.26. The van der Waals surface area contributed by atoms with E-state index in [-0.39, 0.29) is 0 Å². The summed E-state index contributed by atoms with van der Waals surface area (Å²) in [5.41, 5.74) is 1.13. The summed E-state index contributed by atoms with van der Waals surface area (Å²) in [6.07, 6.45) is 1.83. The second kappa shape index (κ2) is 6.55. The molecule has 0 heterocycles. The highest BCUT2D eigenvalue weighted by Crippen LogP contribution is 2.36. The Bertz CT molecular complexity index is 366. The van der Waals surface area contributed by atoms with Crippen molar-refractivity contribution in [3.8, 4) is 11.5 Å². The first-order valence-corrected chi connectivity index (χ1v) is 5.74. The van der Waals surface area contributed by atoms with E-state index in [9.17, 15) is 0 Å². The van der Waals surface area contributed by atoms with Crippen molar-refractivity contribution in [2.24, 2.45) is 0 Å². The lowest BCUT2D eigenvalue weighted by atomic mass is 10.2. The first-order valence-electron chi connectivity index (χ1n) is 4.95. The number of nitrogens with one attached hydrogen (secondary N) is 1. The number of halogens is 1. The maximum Gasteiger partial charge on any atom is 0.174 e. The number of methoxy groups -OCH3 is 2. The van der Waals surface area contributed by atoms with E-state index in [0.717, 1.165) is 34.6 Å². The van der Waals surface area contributed by atoms with Crippen LogP contribution in [0, 0.1) is 0 Å². The van der Waals surface area contributed by atoms with Gasteiger partial charge < -0.3 is 14.8 Å². The van der Waals surface area contributed by atoms with E-state index in [2.05, 4.69) is 27.8 Å². The second-order valence-corrected chi connectivity index (χ2v) is 4.09. The molecule has 88 valence electrons. The summed E-state index contributed by atoms with van der Waals surface area (Å²) in [6.45, 7) is 5.21. The summed E-state index contributed by atoms with van der Waals surface area (Å²) in [5.74, 6) is 1.45. The number of ether oxygens (including phenoxy) is 2. The van der Waals surface area contributed by atoms with Crippen LogP contribution >= 0.6 is 15.9 Å². The lowest BCUT2D eigenvalue weighted by molar-refractivity contribution is 0.352. The highest BCUT2D eigenvalue weighted by Gasteiger charge is 2.09. The van der Waals surface area contributed by atoms with Crippen LogP contribution in [-0.4, -0.2) is 20.8 Å². The van der Waals surface area contributed by atoms with Gasteiger partial charge in [0.1, 0.15) is 0 Å². The molecule has 0 spiro atoms. The molecule has 1 N–H and O–H groups in total. The molecule has 0 amide bonds. The fraction of sp³-hybridized carbons (Fsp3) is 0.333. The Kier molecular flexibility index (Phi) is 5.35. The first kappa shape index (κ1) is 13.1. The lowest BCUT2D eigenvalue weighted by Crippen LogP contribution is -2.12. The molecule has 0 bridgehead atoms. The Morgan fingerprint density at radius 2 is 2.12 bits per heavy atom. The van der Waals surface area contributed by atoms with Crippen LogP contribution in [0.1, 0.15) is 5.56 Å². The van der Waals surface area contributed by atoms with Crippen molar-refractivity contribution in [3.63, 3.8) is 0 Å². The van der Waals surface area contributed by atoms with Crippen LogP contribution in [0.15, 0.2) is 29.3 Å². The van der Waals surface area contributed by atoms with Gasteiger partial charge >= 0.3 is 0 Å². The van der Waals surface area contributed by atoms with E-state index in [4.69, 9.17) is 9.47 Å². The molecular weight excluding hydrogens is 270 g/mol. The average molecular weight is 286 g/mol. The van der Waals surface area contributed by atoms with Gasteiger partial charge in [-0.2, -0.15) is 0 Å². The first-order chi connectivity index (χ1) is 7.72. The molecule has 1 aromatic rings. The van der Waals surface area contributed by atoms with Crippen LogP contribution in [0.5, 0.6) is 11.5 Å². The molecule has 4 heteroatoms. The van der Waals surface area contributed by atoms with Crippen molar-refractivity contribution in [3.05, 3.63) is 34.8 Å². The minimum Gasteiger partial charge on any atom is -0.493 e. The van der Waals surface area contributed by atoms with E-state index >= 15 is 0 Å². The smallest absolute Gasteiger partial charge is 0.174 e. The van der Waals surface area contributed by atoms with Gasteiger partial charge in [0, 0.05) is 13.1 Å². The Balaban J connectivity index is 2.87. The summed E-state index contributed by atoms with van der Waals surface area (Å²) >= 11 is 3.45. The minimum atomic E-state index is 0.718. The minimum absolute atomic E-state index is 0.718. The van der Waals surface area contributed by atoms with Crippen LogP contribution in [-0.2, 0) is 6.54 Å². The molecule has 0 aliphatic heterocycles. The predicted molar refractivity (Wildman–Crippen MR) is 69.1 cm³/mol. The van der Waals surface area contributed by atoms with Crippen molar-refractivity contribution in [2.75, 3.05) is 20.8 Å². The van der Waals surface area contributed by atoms with Gasteiger partial charge in [-0.1, -0.05) is 6.08 Å². The van der Waals surface area contributed by atoms with Crippen LogP contribution in [0.25, 0.3) is 0 Å². The maximum absolute atomic E-state index is 5.26. The molecule has 1 aromatic carbocycles. The standard InChI is InChI=1S/C12H16BrNO2/c1-4-5-14-8-9-6-10(13)12(16-3)11(7-9)15-2/h4,6-7,14H,1,5,8H2,2-3H3. The Labute approximate surface area is 105 Å². The summed E-state index contributed by atoms with van der Waals surface area (Å²) in [4.78, 5) is 0. The van der Waals surface area contributed by atoms with Crippen molar-refractivity contribution in [1.29, 1.82) is 0 Å². The third-order valence-electron chi connectivity index (χ3n) is 2.11. The SMILES string of the molecule is C=CCNCc1cc(Br)c(OC)c(OC)c1. The number of benzene rings is 1. The molecule has 0 atom stereocenters. The highest BCUT2D eigenvalue weighted by atomic mass is 79.9. The number of rotatable bonds is 6. The molecule has 0 radical (unpaired) electrons. The largest absolute Gasteiger partial charge is 0.493 e. The van der Waals surface area contributed by atoms with Crippen LogP contribution in [0.2, 0.25) is 0 Å². The molecule has 16 heavy (non-hydrogen) atoms. The third kappa shape index (κ3) is 3.25. The van der Waals surface area contributed by atoms with Gasteiger partial charge in [-0.05, 0) is 33.6 Å². The summed E-state index contributed by atoms with van der Waals surface area (Å²) in [5, 5.41) is 3.23. The predicted octanol–water partition coefficient (Wildman–Crippen LogP) is 2.74. The fourth-order valence-corrected chi connectivity index (χ4v) is 2.04. The number of hydrogen-bond acceptors (Lipinski definition) is 3. The van der Waals surface area contributed by atoms with Crippen molar-refractivity contribution in [2.45, 2.75) is 6.54 Å². The Morgan fingerprint density at radius 3 is 2.69 bits per heavy atom. The topological polar surface area (TPSA) is 30.5 Å². The Hall–Kier alpha value is -1.00. The molecular formula is C12H16BrNO2. The quantitative estimate of drug-likeness (QED) is 0.644. The molecule has 0 saturated heterocycles. The van der Waals surface area contributed by atoms with E-state index in [1.165, 1.54) is 0 Å². The van der Waals surface area contributed by atoms with Gasteiger partial charge in [-0.3, -0.25) is 0 Å². The summed E-state index contributed by atoms with van der Waals surface area (Å²) in [7, 11) is 3.25. The highest BCUT2D eigenvalue weighted by molar-refractivity contribution is 9.10.